The topological polar surface area (TPSA) is 121 Å². The average Bonchev–Trinajstić information content (AvgIpc) is 2.97. The molecule has 11 heteroatoms. The molecule has 0 unspecified atom stereocenters. The van der Waals surface area contributed by atoms with Gasteiger partial charge in [0, 0.05) is 17.1 Å². The van der Waals surface area contributed by atoms with Crippen molar-refractivity contribution in [3.8, 4) is 0 Å². The highest BCUT2D eigenvalue weighted by Crippen LogP contribution is 2.32. The Labute approximate surface area is 207 Å². The molecule has 35 heavy (non-hydrogen) atoms. The first-order valence-electron chi connectivity index (χ1n) is 10.5. The Morgan fingerprint density at radius 3 is 2.09 bits per heavy atom. The highest BCUT2D eigenvalue weighted by molar-refractivity contribution is 7.92. The van der Waals surface area contributed by atoms with Gasteiger partial charge in [0.15, 0.2) is 0 Å². The minimum atomic E-state index is -3.94. The first-order chi connectivity index (χ1) is 16.5. The number of nitrogens with one attached hydrogen (secondary N) is 2. The normalized spacial score (nSPS) is 14.0. The number of benzene rings is 2. The summed E-state index contributed by atoms with van der Waals surface area (Å²) in [7, 11) is -3.94. The van der Waals surface area contributed by atoms with Crippen LogP contribution in [-0.2, 0) is 19.6 Å². The Morgan fingerprint density at radius 2 is 1.49 bits per heavy atom. The van der Waals surface area contributed by atoms with E-state index in [2.05, 4.69) is 20.0 Å². The lowest BCUT2D eigenvalue weighted by molar-refractivity contribution is -0.120. The number of hydrogen-bond acceptors (Lipinski definition) is 7. The highest BCUT2D eigenvalue weighted by atomic mass is 35.5. The van der Waals surface area contributed by atoms with Gasteiger partial charge in [0.1, 0.15) is 10.7 Å². The smallest absolute Gasteiger partial charge is 0.283 e. The fraction of sp³-hybridized carbons (Fsp3) is 0.167. The lowest BCUT2D eigenvalue weighted by Gasteiger charge is -2.18. The highest BCUT2D eigenvalue weighted by Gasteiger charge is 2.39. The summed E-state index contributed by atoms with van der Waals surface area (Å²) < 4.78 is 27.8. The van der Waals surface area contributed by atoms with Crippen molar-refractivity contribution in [2.45, 2.75) is 32.6 Å². The molecule has 0 fully saturated rings. The van der Waals surface area contributed by atoms with Gasteiger partial charge < -0.3 is 5.32 Å². The number of imide groups is 1. The third-order valence-electron chi connectivity index (χ3n) is 5.26. The second-order valence-corrected chi connectivity index (χ2v) is 10.2. The summed E-state index contributed by atoms with van der Waals surface area (Å²) in [6, 6.07) is 12.7. The fourth-order valence-corrected chi connectivity index (χ4v) is 4.86. The van der Waals surface area contributed by atoms with Gasteiger partial charge in [-0.05, 0) is 69.7 Å². The molecule has 3 aromatic rings. The number of hydrogen-bond donors (Lipinski definition) is 2. The summed E-state index contributed by atoms with van der Waals surface area (Å²) >= 11 is 6.21. The van der Waals surface area contributed by atoms with Gasteiger partial charge in [0.05, 0.1) is 10.6 Å². The summed E-state index contributed by atoms with van der Waals surface area (Å²) in [5.41, 5.74) is 3.75. The predicted octanol–water partition coefficient (Wildman–Crippen LogP) is 3.95. The molecule has 0 bridgehead atoms. The number of halogens is 1. The molecule has 0 aliphatic carbocycles. The molecule has 1 aliphatic heterocycles. The van der Waals surface area contributed by atoms with Crippen molar-refractivity contribution in [2.75, 3.05) is 14.9 Å². The number of anilines is 3. The third kappa shape index (κ3) is 4.89. The molecule has 0 saturated heterocycles. The van der Waals surface area contributed by atoms with Gasteiger partial charge in [-0.3, -0.25) is 9.59 Å². The first-order valence-corrected chi connectivity index (χ1v) is 12.4. The third-order valence-corrected chi connectivity index (χ3v) is 6.96. The fourth-order valence-electron chi connectivity index (χ4n) is 3.70. The number of carbonyl (C=O) groups is 2. The van der Waals surface area contributed by atoms with E-state index in [4.69, 9.17) is 11.6 Å². The Kier molecular flexibility index (Phi) is 6.35. The zero-order chi connectivity index (χ0) is 25.5. The van der Waals surface area contributed by atoms with Crippen molar-refractivity contribution < 1.29 is 18.0 Å². The van der Waals surface area contributed by atoms with Crippen LogP contribution < -0.4 is 14.9 Å². The Bertz CT molecular complexity index is 1480. The zero-order valence-electron chi connectivity index (χ0n) is 19.4. The van der Waals surface area contributed by atoms with E-state index in [0.717, 1.165) is 16.0 Å². The minimum Gasteiger partial charge on any atom is -0.350 e. The van der Waals surface area contributed by atoms with Crippen LogP contribution in [0.4, 0.5) is 17.3 Å². The van der Waals surface area contributed by atoms with Crippen LogP contribution in [0.25, 0.3) is 0 Å². The van der Waals surface area contributed by atoms with Gasteiger partial charge in [-0.15, -0.1) is 0 Å². The van der Waals surface area contributed by atoms with Gasteiger partial charge in [0.25, 0.3) is 21.8 Å². The second-order valence-electron chi connectivity index (χ2n) is 8.15. The Balaban J connectivity index is 1.54. The van der Waals surface area contributed by atoms with E-state index in [-0.39, 0.29) is 21.6 Å². The molecule has 2 heterocycles. The van der Waals surface area contributed by atoms with Crippen molar-refractivity contribution in [3.63, 3.8) is 0 Å². The van der Waals surface area contributed by atoms with Crippen molar-refractivity contribution in [1.82, 2.24) is 9.97 Å². The van der Waals surface area contributed by atoms with Gasteiger partial charge in [-0.25, -0.2) is 28.0 Å². The molecule has 1 aliphatic rings. The molecule has 0 spiro atoms. The standard InChI is InChI=1S/C24H22ClN5O4S/c1-13-5-10-19(14(2)11-13)30-22(31)20(25)21(23(30)32)28-17-6-8-18(9-7-17)35(33,34)29-24-26-15(3)12-16(4)27-24/h5-12,28H,1-4H3,(H,26,27,29). The lowest BCUT2D eigenvalue weighted by atomic mass is 10.1. The number of nitrogens with zero attached hydrogens (tertiary/aromatic N) is 3. The SMILES string of the molecule is Cc1ccc(N2C(=O)C(Cl)=C(Nc3ccc(S(=O)(=O)Nc4nc(C)cc(C)n4)cc3)C2=O)c(C)c1. The number of aryl methyl sites for hydroxylation is 4. The van der Waals surface area contributed by atoms with Crippen LogP contribution in [0.15, 0.2) is 64.2 Å². The maximum absolute atomic E-state index is 13.0. The van der Waals surface area contributed by atoms with Crippen molar-refractivity contribution in [3.05, 3.63) is 81.8 Å². The summed E-state index contributed by atoms with van der Waals surface area (Å²) in [6.07, 6.45) is 0. The Morgan fingerprint density at radius 1 is 0.857 bits per heavy atom. The quantitative estimate of drug-likeness (QED) is 0.480. The zero-order valence-corrected chi connectivity index (χ0v) is 21.0. The molecule has 2 N–H and O–H groups in total. The van der Waals surface area contributed by atoms with Crippen LogP contribution in [0, 0.1) is 27.7 Å². The van der Waals surface area contributed by atoms with Crippen molar-refractivity contribution >= 4 is 50.8 Å². The van der Waals surface area contributed by atoms with E-state index in [9.17, 15) is 18.0 Å². The van der Waals surface area contributed by atoms with Crippen LogP contribution in [-0.4, -0.2) is 30.2 Å². The Hall–Kier alpha value is -3.76. The van der Waals surface area contributed by atoms with E-state index in [1.54, 1.807) is 39.0 Å². The van der Waals surface area contributed by atoms with Crippen LogP contribution in [0.2, 0.25) is 0 Å². The maximum Gasteiger partial charge on any atom is 0.283 e. The molecule has 2 aromatic carbocycles. The van der Waals surface area contributed by atoms with Crippen LogP contribution in [0.5, 0.6) is 0 Å². The molecular formula is C24H22ClN5O4S. The molecular weight excluding hydrogens is 490 g/mol. The van der Waals surface area contributed by atoms with Crippen molar-refractivity contribution in [2.24, 2.45) is 0 Å². The minimum absolute atomic E-state index is 0.0248. The van der Waals surface area contributed by atoms with E-state index >= 15 is 0 Å². The number of aromatic nitrogens is 2. The van der Waals surface area contributed by atoms with E-state index in [1.165, 1.54) is 24.3 Å². The van der Waals surface area contributed by atoms with Crippen molar-refractivity contribution in [1.29, 1.82) is 0 Å². The molecule has 0 atom stereocenters. The summed E-state index contributed by atoms with van der Waals surface area (Å²) in [6.45, 7) is 7.20. The molecule has 180 valence electrons. The van der Waals surface area contributed by atoms with Crippen LogP contribution in [0.3, 0.4) is 0 Å². The summed E-state index contributed by atoms with van der Waals surface area (Å²) in [5.74, 6) is -1.26. The molecule has 2 amide bonds. The van der Waals surface area contributed by atoms with Gasteiger partial charge >= 0.3 is 0 Å². The lowest BCUT2D eigenvalue weighted by Crippen LogP contribution is -2.32. The molecule has 0 radical (unpaired) electrons. The van der Waals surface area contributed by atoms with E-state index in [0.29, 0.717) is 22.8 Å². The second kappa shape index (κ2) is 9.12. The van der Waals surface area contributed by atoms with Crippen LogP contribution >= 0.6 is 11.6 Å². The summed E-state index contributed by atoms with van der Waals surface area (Å²) in [4.78, 5) is 34.9. The van der Waals surface area contributed by atoms with Crippen LogP contribution in [0.1, 0.15) is 22.5 Å². The average molecular weight is 512 g/mol. The largest absolute Gasteiger partial charge is 0.350 e. The van der Waals surface area contributed by atoms with Gasteiger partial charge in [-0.1, -0.05) is 29.3 Å². The summed E-state index contributed by atoms with van der Waals surface area (Å²) in [5, 5.41) is 2.59. The first kappa shape index (κ1) is 24.4. The molecule has 9 nitrogen and oxygen atoms in total. The number of amides is 2. The number of rotatable bonds is 6. The number of carbonyl (C=O) groups excluding carboxylic acids is 2. The van der Waals surface area contributed by atoms with E-state index in [1.807, 2.05) is 13.0 Å². The van der Waals surface area contributed by atoms with Gasteiger partial charge in [-0.2, -0.15) is 0 Å². The molecule has 1 aromatic heterocycles. The maximum atomic E-state index is 13.0. The monoisotopic (exact) mass is 511 g/mol. The van der Waals surface area contributed by atoms with E-state index < -0.39 is 21.8 Å². The molecule has 0 saturated carbocycles. The molecule has 4 rings (SSSR count). The van der Waals surface area contributed by atoms with Gasteiger partial charge in [0.2, 0.25) is 5.95 Å². The predicted molar refractivity (Wildman–Crippen MR) is 134 cm³/mol. The number of sulfonamides is 1.